The SMILES string of the molecule is CCCCCCCCCCCCCCCCCCCCCCCCC(=O)O[C@H](COC(=O)CCCCCCCCCCCCCCCCCCCCCCC)COP(=O)(O)OC[C@@H](O)COP(=O)(O)OC[C@@H](COC(=O)CCCCCCCCC)OC(=O)CCCCCCCCCCCCCCCCC(C)C. The first-order valence-electron chi connectivity index (χ1n) is 45.6. The van der Waals surface area contributed by atoms with E-state index in [4.69, 9.17) is 37.0 Å². The topological polar surface area (TPSA) is 237 Å². The van der Waals surface area contributed by atoms with Crippen LogP contribution in [0, 0.1) is 5.92 Å². The fourth-order valence-electron chi connectivity index (χ4n) is 13.8. The van der Waals surface area contributed by atoms with Crippen molar-refractivity contribution in [1.82, 2.24) is 0 Å². The van der Waals surface area contributed by atoms with E-state index < -0.39 is 97.5 Å². The normalized spacial score (nSPS) is 13.7. The lowest BCUT2D eigenvalue weighted by molar-refractivity contribution is -0.161. The minimum atomic E-state index is -4.97. The number of esters is 4. The van der Waals surface area contributed by atoms with Crippen molar-refractivity contribution in [1.29, 1.82) is 0 Å². The van der Waals surface area contributed by atoms with Gasteiger partial charge in [-0.05, 0) is 31.6 Å². The molecule has 0 bridgehead atoms. The van der Waals surface area contributed by atoms with Gasteiger partial charge >= 0.3 is 39.5 Å². The van der Waals surface area contributed by atoms with Crippen LogP contribution in [-0.4, -0.2) is 96.7 Å². The smallest absolute Gasteiger partial charge is 0.462 e. The molecule has 0 amide bonds. The molecule has 0 aliphatic carbocycles. The van der Waals surface area contributed by atoms with E-state index in [0.29, 0.717) is 25.7 Å². The van der Waals surface area contributed by atoms with E-state index in [9.17, 15) is 43.2 Å². The Morgan fingerprint density at radius 3 is 0.636 bits per heavy atom. The van der Waals surface area contributed by atoms with Crippen molar-refractivity contribution in [3.8, 4) is 0 Å². The van der Waals surface area contributed by atoms with Crippen LogP contribution < -0.4 is 0 Å². The molecule has 17 nitrogen and oxygen atoms in total. The Kier molecular flexibility index (Phi) is 79.2. The van der Waals surface area contributed by atoms with Crippen LogP contribution in [0.15, 0.2) is 0 Å². The lowest BCUT2D eigenvalue weighted by Crippen LogP contribution is -2.30. The van der Waals surface area contributed by atoms with Gasteiger partial charge in [-0.2, -0.15) is 0 Å². The number of unbranched alkanes of at least 4 members (excludes halogenated alkanes) is 60. The molecule has 0 aromatic carbocycles. The largest absolute Gasteiger partial charge is 0.472 e. The summed E-state index contributed by atoms with van der Waals surface area (Å²) >= 11 is 0. The number of aliphatic hydroxyl groups is 1. The van der Waals surface area contributed by atoms with Gasteiger partial charge < -0.3 is 33.8 Å². The van der Waals surface area contributed by atoms with E-state index in [1.807, 2.05) is 0 Å². The molecule has 0 aromatic heterocycles. The molecule has 0 rings (SSSR count). The summed E-state index contributed by atoms with van der Waals surface area (Å²) in [6.07, 6.45) is 75.4. The van der Waals surface area contributed by atoms with Gasteiger partial charge in [0.25, 0.3) is 0 Å². The summed E-state index contributed by atoms with van der Waals surface area (Å²) in [7, 11) is -9.92. The monoisotopic (exact) mass is 1560 g/mol. The van der Waals surface area contributed by atoms with Crippen molar-refractivity contribution in [3.05, 3.63) is 0 Å². The fourth-order valence-corrected chi connectivity index (χ4v) is 15.4. The van der Waals surface area contributed by atoms with Crippen LogP contribution in [0.2, 0.25) is 0 Å². The Labute approximate surface area is 658 Å². The number of hydrogen-bond donors (Lipinski definition) is 3. The lowest BCUT2D eigenvalue weighted by Gasteiger charge is -2.21. The highest BCUT2D eigenvalue weighted by molar-refractivity contribution is 7.47. The first-order valence-corrected chi connectivity index (χ1v) is 48.6. The molecule has 0 spiro atoms. The van der Waals surface area contributed by atoms with Gasteiger partial charge in [0.15, 0.2) is 12.2 Å². The van der Waals surface area contributed by atoms with Gasteiger partial charge in [-0.15, -0.1) is 0 Å². The van der Waals surface area contributed by atoms with E-state index in [1.54, 1.807) is 0 Å². The first-order chi connectivity index (χ1) is 52.0. The standard InChI is InChI=1S/C88H172O17P2/c1-6-9-12-15-18-20-22-24-26-28-30-32-34-36-38-40-45-49-53-58-63-68-74-88(93)105-84(78-99-86(91)72-67-62-57-52-48-44-39-37-35-33-31-29-27-25-23-21-19-16-13-10-7-2)80-103-107(96,97)101-76-82(89)75-100-106(94,95)102-79-83(77-98-85(90)71-66-61-55-17-14-11-8-3)104-87(92)73-69-64-59-54-50-46-42-41-43-47-51-56-60-65-70-81(4)5/h81-84,89H,6-80H2,1-5H3,(H,94,95)(H,96,97)/t82-,83+,84+/m0/s1. The third-order valence-electron chi connectivity index (χ3n) is 20.8. The average Bonchev–Trinajstić information content (AvgIpc) is 0.905. The number of aliphatic hydroxyl groups excluding tert-OH is 1. The zero-order chi connectivity index (χ0) is 78.3. The van der Waals surface area contributed by atoms with Crippen LogP contribution in [0.1, 0.15) is 478 Å². The number of carbonyl (C=O) groups is 4. The number of carbonyl (C=O) groups excluding carboxylic acids is 4. The Hall–Kier alpha value is -1.94. The Morgan fingerprint density at radius 1 is 0.252 bits per heavy atom. The quantitative estimate of drug-likeness (QED) is 0.0222. The van der Waals surface area contributed by atoms with Crippen molar-refractivity contribution in [3.63, 3.8) is 0 Å². The van der Waals surface area contributed by atoms with Crippen LogP contribution in [-0.2, 0) is 65.4 Å². The molecule has 0 saturated carbocycles. The van der Waals surface area contributed by atoms with Gasteiger partial charge in [-0.3, -0.25) is 37.3 Å². The number of phosphoric acid groups is 2. The first kappa shape index (κ1) is 105. The molecule has 0 radical (unpaired) electrons. The van der Waals surface area contributed by atoms with Gasteiger partial charge in [0, 0.05) is 25.7 Å². The summed E-state index contributed by atoms with van der Waals surface area (Å²) in [5.41, 5.74) is 0. The Balaban J connectivity index is 5.15. The van der Waals surface area contributed by atoms with Crippen molar-refractivity contribution in [2.75, 3.05) is 39.6 Å². The van der Waals surface area contributed by atoms with E-state index >= 15 is 0 Å². The van der Waals surface area contributed by atoms with Crippen molar-refractivity contribution in [2.45, 2.75) is 496 Å². The molecule has 0 fully saturated rings. The minimum Gasteiger partial charge on any atom is -0.462 e. The van der Waals surface area contributed by atoms with E-state index in [1.165, 1.54) is 289 Å². The summed E-state index contributed by atoms with van der Waals surface area (Å²) in [6, 6.07) is 0. The highest BCUT2D eigenvalue weighted by Crippen LogP contribution is 2.45. The van der Waals surface area contributed by atoms with Gasteiger partial charge in [0.1, 0.15) is 19.3 Å². The predicted octanol–water partition coefficient (Wildman–Crippen LogP) is 27.2. The van der Waals surface area contributed by atoms with Crippen LogP contribution in [0.3, 0.4) is 0 Å². The molecule has 3 N–H and O–H groups in total. The summed E-state index contributed by atoms with van der Waals surface area (Å²) in [6.45, 7) is 7.34. The number of ether oxygens (including phenoxy) is 4. The maximum atomic E-state index is 13.2. The molecular weight excluding hydrogens is 1390 g/mol. The summed E-state index contributed by atoms with van der Waals surface area (Å²) in [5.74, 6) is -1.31. The summed E-state index contributed by atoms with van der Waals surface area (Å²) < 4.78 is 68.8. The fraction of sp³-hybridized carbons (Fsp3) is 0.955. The van der Waals surface area contributed by atoms with Crippen LogP contribution in [0.25, 0.3) is 0 Å². The second-order valence-electron chi connectivity index (χ2n) is 32.1. The molecule has 0 aliphatic rings. The van der Waals surface area contributed by atoms with Crippen molar-refractivity contribution in [2.24, 2.45) is 5.92 Å². The molecule has 5 atom stereocenters. The van der Waals surface area contributed by atoms with Crippen LogP contribution in [0.5, 0.6) is 0 Å². The zero-order valence-corrected chi connectivity index (χ0v) is 72.1. The molecule has 0 aromatic rings. The summed E-state index contributed by atoms with van der Waals surface area (Å²) in [5, 5.41) is 10.7. The molecular formula is C88H172O17P2. The minimum absolute atomic E-state index is 0.108. The second-order valence-corrected chi connectivity index (χ2v) is 35.0. The Morgan fingerprint density at radius 2 is 0.430 bits per heavy atom. The van der Waals surface area contributed by atoms with Crippen molar-refractivity contribution >= 4 is 39.5 Å². The molecule has 0 saturated heterocycles. The average molecular weight is 1560 g/mol. The molecule has 107 heavy (non-hydrogen) atoms. The third kappa shape index (κ3) is 81.9. The number of phosphoric ester groups is 2. The maximum Gasteiger partial charge on any atom is 0.472 e. The van der Waals surface area contributed by atoms with Crippen molar-refractivity contribution < 1.29 is 80.2 Å². The van der Waals surface area contributed by atoms with Gasteiger partial charge in [-0.25, -0.2) is 9.13 Å². The number of rotatable bonds is 88. The third-order valence-corrected chi connectivity index (χ3v) is 22.7. The molecule has 0 heterocycles. The molecule has 636 valence electrons. The number of hydrogen-bond acceptors (Lipinski definition) is 15. The van der Waals surface area contributed by atoms with E-state index in [0.717, 1.165) is 109 Å². The second kappa shape index (κ2) is 80.7. The van der Waals surface area contributed by atoms with Crippen LogP contribution >= 0.6 is 15.6 Å². The highest BCUT2D eigenvalue weighted by atomic mass is 31.2. The molecule has 0 aliphatic heterocycles. The van der Waals surface area contributed by atoms with Gasteiger partial charge in [0.2, 0.25) is 0 Å². The molecule has 19 heteroatoms. The van der Waals surface area contributed by atoms with E-state index in [-0.39, 0.29) is 25.7 Å². The molecule has 2 unspecified atom stereocenters. The lowest BCUT2D eigenvalue weighted by atomic mass is 10.0. The highest BCUT2D eigenvalue weighted by Gasteiger charge is 2.30. The van der Waals surface area contributed by atoms with Gasteiger partial charge in [-0.1, -0.05) is 426 Å². The van der Waals surface area contributed by atoms with Gasteiger partial charge in [0.05, 0.1) is 26.4 Å². The maximum absolute atomic E-state index is 13.2. The zero-order valence-electron chi connectivity index (χ0n) is 70.3. The predicted molar refractivity (Wildman–Crippen MR) is 442 cm³/mol. The van der Waals surface area contributed by atoms with Crippen LogP contribution in [0.4, 0.5) is 0 Å². The summed E-state index contributed by atoms with van der Waals surface area (Å²) in [4.78, 5) is 73.1. The Bertz CT molecular complexity index is 2030. The van der Waals surface area contributed by atoms with E-state index in [2.05, 4.69) is 34.6 Å².